The molecule has 0 bridgehead atoms. The van der Waals surface area contributed by atoms with Crippen LogP contribution in [0.5, 0.6) is 0 Å². The van der Waals surface area contributed by atoms with Crippen molar-refractivity contribution >= 4 is 17.4 Å². The first-order chi connectivity index (χ1) is 11.1. The number of thiazole rings is 1. The summed E-state index contributed by atoms with van der Waals surface area (Å²) in [7, 11) is 0. The molecule has 3 rings (SSSR count). The van der Waals surface area contributed by atoms with Crippen molar-refractivity contribution in [3.05, 3.63) is 51.5 Å². The molecule has 0 saturated heterocycles. The lowest BCUT2D eigenvalue weighted by Gasteiger charge is -2.34. The van der Waals surface area contributed by atoms with E-state index in [-0.39, 0.29) is 12.6 Å². The van der Waals surface area contributed by atoms with E-state index in [4.69, 9.17) is 0 Å². The van der Waals surface area contributed by atoms with E-state index in [0.29, 0.717) is 13.0 Å². The summed E-state index contributed by atoms with van der Waals surface area (Å²) in [5.41, 5.74) is 1.12. The molecule has 2 aromatic rings. The normalized spacial score (nSPS) is 19.9. The van der Waals surface area contributed by atoms with Crippen LogP contribution < -0.4 is 10.6 Å². The zero-order valence-corrected chi connectivity index (χ0v) is 13.9. The number of nitrogens with zero attached hydrogens (tertiary/aromatic N) is 1. The Kier molecular flexibility index (Phi) is 4.63. The summed E-state index contributed by atoms with van der Waals surface area (Å²) in [5, 5.41) is 17.3. The molecule has 2 amide bonds. The number of nitrogens with one attached hydrogen (secondary N) is 2. The van der Waals surface area contributed by atoms with Gasteiger partial charge in [-0.1, -0.05) is 24.3 Å². The molecule has 0 saturated carbocycles. The molecule has 0 fully saturated rings. The highest BCUT2D eigenvalue weighted by molar-refractivity contribution is 7.11. The SMILES string of the molecule is Cc1cnc(CNC(=O)NCC2(O)CCCc3ccccc32)s1. The minimum absolute atomic E-state index is 0.215. The fraction of sp³-hybridized carbons (Fsp3) is 0.412. The highest BCUT2D eigenvalue weighted by Crippen LogP contribution is 2.34. The summed E-state index contributed by atoms with van der Waals surface area (Å²) in [4.78, 5) is 17.3. The van der Waals surface area contributed by atoms with Crippen LogP contribution in [0.25, 0.3) is 0 Å². The van der Waals surface area contributed by atoms with Crippen LogP contribution in [-0.4, -0.2) is 22.7 Å². The Bertz CT molecular complexity index is 701. The maximum atomic E-state index is 12.0. The lowest BCUT2D eigenvalue weighted by Crippen LogP contribution is -2.46. The van der Waals surface area contributed by atoms with Gasteiger partial charge in [-0.25, -0.2) is 9.78 Å². The van der Waals surface area contributed by atoms with Gasteiger partial charge in [0.1, 0.15) is 10.6 Å². The smallest absolute Gasteiger partial charge is 0.315 e. The van der Waals surface area contributed by atoms with E-state index in [0.717, 1.165) is 28.3 Å². The van der Waals surface area contributed by atoms with Gasteiger partial charge in [-0.2, -0.15) is 0 Å². The number of carbonyl (C=O) groups excluding carboxylic acids is 1. The summed E-state index contributed by atoms with van der Waals surface area (Å²) in [6, 6.07) is 7.63. The first-order valence-corrected chi connectivity index (χ1v) is 8.62. The monoisotopic (exact) mass is 331 g/mol. The number of hydrogen-bond acceptors (Lipinski definition) is 4. The van der Waals surface area contributed by atoms with Crippen LogP contribution in [0, 0.1) is 6.92 Å². The Labute approximate surface area is 139 Å². The summed E-state index contributed by atoms with van der Waals surface area (Å²) < 4.78 is 0. The Morgan fingerprint density at radius 2 is 2.22 bits per heavy atom. The third-order valence-corrected chi connectivity index (χ3v) is 5.08. The first kappa shape index (κ1) is 16.0. The second-order valence-electron chi connectivity index (χ2n) is 5.94. The van der Waals surface area contributed by atoms with Crippen molar-refractivity contribution in [3.63, 3.8) is 0 Å². The molecule has 1 aliphatic carbocycles. The van der Waals surface area contributed by atoms with Crippen LogP contribution in [0.4, 0.5) is 4.79 Å². The fourth-order valence-corrected chi connectivity index (χ4v) is 3.74. The largest absolute Gasteiger partial charge is 0.383 e. The highest BCUT2D eigenvalue weighted by atomic mass is 32.1. The molecule has 122 valence electrons. The number of amides is 2. The average Bonchev–Trinajstić information content (AvgIpc) is 2.97. The topological polar surface area (TPSA) is 74.2 Å². The molecule has 0 aliphatic heterocycles. The second-order valence-corrected chi connectivity index (χ2v) is 7.26. The molecule has 6 heteroatoms. The van der Waals surface area contributed by atoms with Gasteiger partial charge in [-0.15, -0.1) is 11.3 Å². The van der Waals surface area contributed by atoms with Crippen LogP contribution in [0.1, 0.15) is 33.9 Å². The van der Waals surface area contributed by atoms with Crippen molar-refractivity contribution in [2.45, 2.75) is 38.3 Å². The van der Waals surface area contributed by atoms with E-state index in [1.165, 1.54) is 5.56 Å². The van der Waals surface area contributed by atoms with Crippen LogP contribution >= 0.6 is 11.3 Å². The van der Waals surface area contributed by atoms with Gasteiger partial charge in [-0.3, -0.25) is 0 Å². The van der Waals surface area contributed by atoms with Crippen LogP contribution in [0.2, 0.25) is 0 Å². The van der Waals surface area contributed by atoms with Crippen molar-refractivity contribution < 1.29 is 9.90 Å². The molecular weight excluding hydrogens is 310 g/mol. The Morgan fingerprint density at radius 3 is 3.00 bits per heavy atom. The van der Waals surface area contributed by atoms with Crippen molar-refractivity contribution in [2.75, 3.05) is 6.54 Å². The van der Waals surface area contributed by atoms with Crippen LogP contribution in [0.3, 0.4) is 0 Å². The maximum absolute atomic E-state index is 12.0. The molecule has 0 radical (unpaired) electrons. The first-order valence-electron chi connectivity index (χ1n) is 7.81. The Hall–Kier alpha value is -1.92. The standard InChI is InChI=1S/C17H21N3O2S/c1-12-9-18-15(23-12)10-19-16(21)20-11-17(22)8-4-6-13-5-2-3-7-14(13)17/h2-3,5,7,9,22H,4,6,8,10-11H2,1H3,(H2,19,20,21). The maximum Gasteiger partial charge on any atom is 0.315 e. The Morgan fingerprint density at radius 1 is 1.39 bits per heavy atom. The lowest BCUT2D eigenvalue weighted by atomic mass is 9.79. The third-order valence-electron chi connectivity index (χ3n) is 4.17. The molecule has 23 heavy (non-hydrogen) atoms. The molecule has 1 aliphatic rings. The molecule has 1 heterocycles. The summed E-state index contributed by atoms with van der Waals surface area (Å²) in [6.45, 7) is 2.60. The molecule has 5 nitrogen and oxygen atoms in total. The predicted molar refractivity (Wildman–Crippen MR) is 90.4 cm³/mol. The number of aliphatic hydroxyl groups is 1. The van der Waals surface area contributed by atoms with E-state index in [9.17, 15) is 9.90 Å². The number of carbonyl (C=O) groups is 1. The minimum atomic E-state index is -0.982. The molecule has 1 unspecified atom stereocenters. The molecule has 1 aromatic heterocycles. The average molecular weight is 331 g/mol. The molecule has 3 N–H and O–H groups in total. The minimum Gasteiger partial charge on any atom is -0.383 e. The van der Waals surface area contributed by atoms with E-state index < -0.39 is 5.60 Å². The lowest BCUT2D eigenvalue weighted by molar-refractivity contribution is 0.0217. The number of hydrogen-bond donors (Lipinski definition) is 3. The summed E-state index contributed by atoms with van der Waals surface area (Å²) in [6.07, 6.45) is 4.36. The van der Waals surface area contributed by atoms with Crippen LogP contribution in [0.15, 0.2) is 30.5 Å². The van der Waals surface area contributed by atoms with Crippen molar-refractivity contribution in [3.8, 4) is 0 Å². The highest BCUT2D eigenvalue weighted by Gasteiger charge is 2.34. The molecule has 1 aromatic carbocycles. The summed E-state index contributed by atoms with van der Waals surface area (Å²) >= 11 is 1.56. The van der Waals surface area contributed by atoms with E-state index >= 15 is 0 Å². The number of urea groups is 1. The van der Waals surface area contributed by atoms with Crippen molar-refractivity contribution in [2.24, 2.45) is 0 Å². The van der Waals surface area contributed by atoms with E-state index in [2.05, 4.69) is 15.6 Å². The van der Waals surface area contributed by atoms with Gasteiger partial charge < -0.3 is 15.7 Å². The number of benzene rings is 1. The van der Waals surface area contributed by atoms with Gasteiger partial charge in [0.25, 0.3) is 0 Å². The van der Waals surface area contributed by atoms with E-state index in [1.54, 1.807) is 17.5 Å². The van der Waals surface area contributed by atoms with Gasteiger partial charge in [-0.05, 0) is 37.3 Å². The van der Waals surface area contributed by atoms with Crippen molar-refractivity contribution in [1.29, 1.82) is 0 Å². The van der Waals surface area contributed by atoms with Gasteiger partial charge in [0.15, 0.2) is 0 Å². The van der Waals surface area contributed by atoms with Gasteiger partial charge in [0.2, 0.25) is 0 Å². The fourth-order valence-electron chi connectivity index (χ4n) is 3.01. The molecule has 0 spiro atoms. The summed E-state index contributed by atoms with van der Waals surface area (Å²) in [5.74, 6) is 0. The van der Waals surface area contributed by atoms with Gasteiger partial charge >= 0.3 is 6.03 Å². The van der Waals surface area contributed by atoms with Crippen LogP contribution in [-0.2, 0) is 18.6 Å². The molecular formula is C17H21N3O2S. The Balaban J connectivity index is 1.56. The quantitative estimate of drug-likeness (QED) is 0.806. The number of rotatable bonds is 4. The third kappa shape index (κ3) is 3.71. The molecule has 1 atom stereocenters. The predicted octanol–water partition coefficient (Wildman–Crippen LogP) is 2.47. The zero-order chi connectivity index (χ0) is 16.3. The number of aryl methyl sites for hydroxylation is 2. The van der Waals surface area contributed by atoms with Gasteiger partial charge in [0, 0.05) is 11.1 Å². The second kappa shape index (κ2) is 6.68. The zero-order valence-electron chi connectivity index (χ0n) is 13.1. The number of aromatic nitrogens is 1. The van der Waals surface area contributed by atoms with E-state index in [1.807, 2.05) is 31.2 Å². The van der Waals surface area contributed by atoms with Gasteiger partial charge in [0.05, 0.1) is 13.1 Å². The number of fused-ring (bicyclic) bond motifs is 1. The van der Waals surface area contributed by atoms with Crippen molar-refractivity contribution in [1.82, 2.24) is 15.6 Å².